The van der Waals surface area contributed by atoms with Gasteiger partial charge in [0, 0.05) is 35.5 Å². The molecule has 0 saturated carbocycles. The van der Waals surface area contributed by atoms with E-state index in [2.05, 4.69) is 58.5 Å². The summed E-state index contributed by atoms with van der Waals surface area (Å²) in [6, 6.07) is 17.8. The molecular weight excluding hydrogens is 458 g/mol. The van der Waals surface area contributed by atoms with Crippen molar-refractivity contribution in [2.75, 3.05) is 29.9 Å². The molecule has 0 aliphatic carbocycles. The first-order valence-corrected chi connectivity index (χ1v) is 12.6. The first-order chi connectivity index (χ1) is 17.4. The molecule has 9 heteroatoms. The van der Waals surface area contributed by atoms with E-state index in [1.54, 1.807) is 4.57 Å². The molecule has 1 N–H and O–H groups in total. The van der Waals surface area contributed by atoms with Gasteiger partial charge in [-0.1, -0.05) is 25.5 Å². The molecule has 3 aromatic rings. The highest BCUT2D eigenvalue weighted by atomic mass is 16.6. The fraction of sp³-hybridized carbons (Fsp3) is 0.444. The SMILES string of the molecule is CCCc1ccc(NC2CCN(c3ccc(OC[C@@]4(C)Cn5cc([N+](=O)[O-])nc5O4)cc3)CC2)cc1. The molecule has 1 saturated heterocycles. The lowest BCUT2D eigenvalue weighted by atomic mass is 10.0. The number of nitrogens with zero attached hydrogens (tertiary/aromatic N) is 4. The summed E-state index contributed by atoms with van der Waals surface area (Å²) in [4.78, 5) is 16.7. The van der Waals surface area contributed by atoms with Crippen LogP contribution in [-0.2, 0) is 13.0 Å². The van der Waals surface area contributed by atoms with E-state index in [9.17, 15) is 10.1 Å². The molecule has 1 atom stereocenters. The number of nitro groups is 1. The number of benzene rings is 2. The van der Waals surface area contributed by atoms with Crippen LogP contribution in [0.3, 0.4) is 0 Å². The molecule has 3 heterocycles. The fourth-order valence-electron chi connectivity index (χ4n) is 4.92. The molecule has 2 aliphatic heterocycles. The summed E-state index contributed by atoms with van der Waals surface area (Å²) < 4.78 is 13.5. The Hall–Kier alpha value is -3.75. The number of rotatable bonds is 9. The van der Waals surface area contributed by atoms with Crippen molar-refractivity contribution in [2.24, 2.45) is 0 Å². The number of piperidine rings is 1. The maximum Gasteiger partial charge on any atom is 0.415 e. The van der Waals surface area contributed by atoms with Crippen molar-refractivity contribution < 1.29 is 14.4 Å². The van der Waals surface area contributed by atoms with Gasteiger partial charge in [-0.3, -0.25) is 4.57 Å². The monoisotopic (exact) mass is 491 g/mol. The third-order valence-corrected chi connectivity index (χ3v) is 6.86. The molecule has 36 heavy (non-hydrogen) atoms. The molecule has 0 radical (unpaired) electrons. The third kappa shape index (κ3) is 5.40. The van der Waals surface area contributed by atoms with E-state index in [0.29, 0.717) is 19.2 Å². The van der Waals surface area contributed by atoms with E-state index >= 15 is 0 Å². The molecule has 2 aromatic carbocycles. The predicted octanol–water partition coefficient (Wildman–Crippen LogP) is 5.05. The Morgan fingerprint density at radius 2 is 1.89 bits per heavy atom. The Bertz CT molecular complexity index is 1160. The summed E-state index contributed by atoms with van der Waals surface area (Å²) in [5.41, 5.74) is 3.17. The van der Waals surface area contributed by atoms with Crippen LogP contribution in [0.15, 0.2) is 54.7 Å². The molecule has 5 rings (SSSR count). The minimum Gasteiger partial charge on any atom is -0.489 e. The zero-order valence-corrected chi connectivity index (χ0v) is 20.9. The maximum atomic E-state index is 10.9. The molecule has 0 spiro atoms. The van der Waals surface area contributed by atoms with Gasteiger partial charge in [-0.15, -0.1) is 0 Å². The van der Waals surface area contributed by atoms with Gasteiger partial charge in [-0.2, -0.15) is 0 Å². The number of ether oxygens (including phenoxy) is 2. The van der Waals surface area contributed by atoms with Crippen LogP contribution in [0.1, 0.15) is 38.7 Å². The second-order valence-electron chi connectivity index (χ2n) is 9.95. The largest absolute Gasteiger partial charge is 0.489 e. The van der Waals surface area contributed by atoms with Crippen molar-refractivity contribution in [3.05, 3.63) is 70.4 Å². The minimum atomic E-state index is -0.624. The Labute approximate surface area is 211 Å². The van der Waals surface area contributed by atoms with Gasteiger partial charge in [0.1, 0.15) is 18.6 Å². The molecule has 9 nitrogen and oxygen atoms in total. The minimum absolute atomic E-state index is 0.204. The number of nitrogens with one attached hydrogen (secondary N) is 1. The molecular formula is C27H33N5O4. The Morgan fingerprint density at radius 3 is 2.53 bits per heavy atom. The van der Waals surface area contributed by atoms with Crippen LogP contribution in [0.25, 0.3) is 0 Å². The number of imidazole rings is 1. The van der Waals surface area contributed by atoms with E-state index < -0.39 is 10.5 Å². The maximum absolute atomic E-state index is 10.9. The van der Waals surface area contributed by atoms with Crippen molar-refractivity contribution >= 4 is 17.2 Å². The van der Waals surface area contributed by atoms with Gasteiger partial charge < -0.3 is 29.8 Å². The highest BCUT2D eigenvalue weighted by Gasteiger charge is 2.41. The van der Waals surface area contributed by atoms with Gasteiger partial charge in [-0.25, -0.2) is 0 Å². The zero-order chi connectivity index (χ0) is 25.1. The highest BCUT2D eigenvalue weighted by Crippen LogP contribution is 2.32. The summed E-state index contributed by atoms with van der Waals surface area (Å²) >= 11 is 0. The standard InChI is InChI=1S/C27H33N5O4/c1-3-4-20-5-7-21(8-6-20)28-22-13-15-30(16-14-22)23-9-11-24(12-10-23)35-19-27(2)18-31-17-25(32(33)34)29-26(31)36-27/h5-12,17,22,28H,3-4,13-16,18-19H2,1-2H3/t27-/m1/s1. The van der Waals surface area contributed by atoms with Crippen LogP contribution in [-0.4, -0.2) is 45.8 Å². The fourth-order valence-corrected chi connectivity index (χ4v) is 4.92. The van der Waals surface area contributed by atoms with Gasteiger partial charge in [0.05, 0.1) is 6.54 Å². The Balaban J connectivity index is 1.08. The molecule has 1 aromatic heterocycles. The molecule has 2 aliphatic rings. The van der Waals surface area contributed by atoms with Crippen LogP contribution >= 0.6 is 0 Å². The van der Waals surface area contributed by atoms with Crippen molar-refractivity contribution in [3.63, 3.8) is 0 Å². The van der Waals surface area contributed by atoms with Crippen LogP contribution in [0.2, 0.25) is 0 Å². The quantitative estimate of drug-likeness (QED) is 0.330. The average Bonchev–Trinajstić information content (AvgIpc) is 3.41. The molecule has 0 bridgehead atoms. The first kappa shape index (κ1) is 24.0. The van der Waals surface area contributed by atoms with E-state index in [0.717, 1.165) is 38.1 Å². The van der Waals surface area contributed by atoms with Crippen molar-refractivity contribution in [3.8, 4) is 11.8 Å². The number of hydrogen-bond acceptors (Lipinski definition) is 7. The van der Waals surface area contributed by atoms with E-state index in [-0.39, 0.29) is 11.8 Å². The van der Waals surface area contributed by atoms with Crippen LogP contribution in [0.5, 0.6) is 11.8 Å². The molecule has 1 fully saturated rings. The highest BCUT2D eigenvalue weighted by molar-refractivity contribution is 5.50. The summed E-state index contributed by atoms with van der Waals surface area (Å²) in [6.07, 6.45) is 5.90. The number of anilines is 2. The summed E-state index contributed by atoms with van der Waals surface area (Å²) in [6.45, 7) is 6.92. The average molecular weight is 492 g/mol. The number of hydrogen-bond donors (Lipinski definition) is 1. The van der Waals surface area contributed by atoms with Gasteiger partial charge >= 0.3 is 11.8 Å². The third-order valence-electron chi connectivity index (χ3n) is 6.86. The zero-order valence-electron chi connectivity index (χ0n) is 20.9. The normalized spacial score (nSPS) is 19.6. The van der Waals surface area contributed by atoms with Gasteiger partial charge in [-0.05, 0) is 73.1 Å². The van der Waals surface area contributed by atoms with Gasteiger partial charge in [0.25, 0.3) is 0 Å². The van der Waals surface area contributed by atoms with Crippen molar-refractivity contribution in [1.29, 1.82) is 0 Å². The summed E-state index contributed by atoms with van der Waals surface area (Å²) in [7, 11) is 0. The lowest BCUT2D eigenvalue weighted by molar-refractivity contribution is -0.389. The number of aryl methyl sites for hydroxylation is 1. The molecule has 190 valence electrons. The molecule has 0 amide bonds. The number of fused-ring (bicyclic) bond motifs is 1. The summed E-state index contributed by atoms with van der Waals surface area (Å²) in [5.74, 6) is 0.562. The summed E-state index contributed by atoms with van der Waals surface area (Å²) in [5, 5.41) is 14.6. The van der Waals surface area contributed by atoms with Gasteiger partial charge in [0.15, 0.2) is 5.60 Å². The Morgan fingerprint density at radius 1 is 1.17 bits per heavy atom. The van der Waals surface area contributed by atoms with Gasteiger partial charge in [0.2, 0.25) is 0 Å². The van der Waals surface area contributed by atoms with Crippen molar-refractivity contribution in [1.82, 2.24) is 9.55 Å². The van der Waals surface area contributed by atoms with Crippen LogP contribution < -0.4 is 19.7 Å². The van der Waals surface area contributed by atoms with E-state index in [1.807, 2.05) is 19.1 Å². The van der Waals surface area contributed by atoms with Crippen molar-refractivity contribution in [2.45, 2.75) is 57.7 Å². The molecule has 0 unspecified atom stereocenters. The van der Waals surface area contributed by atoms with Crippen LogP contribution in [0.4, 0.5) is 17.2 Å². The van der Waals surface area contributed by atoms with E-state index in [4.69, 9.17) is 9.47 Å². The lowest BCUT2D eigenvalue weighted by Crippen LogP contribution is -2.39. The second kappa shape index (κ2) is 10.1. The lowest BCUT2D eigenvalue weighted by Gasteiger charge is -2.34. The smallest absolute Gasteiger partial charge is 0.415 e. The van der Waals surface area contributed by atoms with E-state index in [1.165, 1.54) is 29.6 Å². The van der Waals surface area contributed by atoms with Crippen LogP contribution in [0, 0.1) is 10.1 Å². The predicted molar refractivity (Wildman–Crippen MR) is 139 cm³/mol. The second-order valence-corrected chi connectivity index (χ2v) is 9.95. The topological polar surface area (TPSA) is 94.7 Å². The first-order valence-electron chi connectivity index (χ1n) is 12.6. The number of aromatic nitrogens is 2. The Kier molecular flexibility index (Phi) is 6.71.